The van der Waals surface area contributed by atoms with Crippen molar-refractivity contribution in [2.45, 2.75) is 57.1 Å². The second kappa shape index (κ2) is 5.23. The molecule has 100 valence electrons. The summed E-state index contributed by atoms with van der Waals surface area (Å²) in [7, 11) is 0. The molecule has 2 aliphatic rings. The van der Waals surface area contributed by atoms with Crippen molar-refractivity contribution in [3.8, 4) is 0 Å². The van der Waals surface area contributed by atoms with Gasteiger partial charge in [0.05, 0.1) is 0 Å². The first-order chi connectivity index (χ1) is 8.76. The highest BCUT2D eigenvalue weighted by molar-refractivity contribution is 7.11. The summed E-state index contributed by atoms with van der Waals surface area (Å²) in [4.78, 5) is 0. The summed E-state index contributed by atoms with van der Waals surface area (Å²) >= 11 is 1.73. The largest absolute Gasteiger partial charge is 0.368 e. The molecule has 0 spiro atoms. The van der Waals surface area contributed by atoms with Gasteiger partial charge in [0.1, 0.15) is 15.6 Å². The lowest BCUT2D eigenvalue weighted by Crippen LogP contribution is -2.19. The molecule has 1 N–H and O–H groups in total. The van der Waals surface area contributed by atoms with Gasteiger partial charge in [0.2, 0.25) is 0 Å². The van der Waals surface area contributed by atoms with Gasteiger partial charge in [0, 0.05) is 19.1 Å². The van der Waals surface area contributed by atoms with Crippen molar-refractivity contribution in [3.63, 3.8) is 0 Å². The molecule has 0 radical (unpaired) electrons. The Balaban J connectivity index is 1.49. The van der Waals surface area contributed by atoms with E-state index in [9.17, 15) is 0 Å². The molecule has 18 heavy (non-hydrogen) atoms. The van der Waals surface area contributed by atoms with E-state index in [-0.39, 0.29) is 5.60 Å². The van der Waals surface area contributed by atoms with E-state index in [0.717, 1.165) is 54.9 Å². The van der Waals surface area contributed by atoms with Crippen LogP contribution in [0.4, 0.5) is 0 Å². The molecule has 4 nitrogen and oxygen atoms in total. The van der Waals surface area contributed by atoms with Crippen molar-refractivity contribution in [2.24, 2.45) is 0 Å². The zero-order chi connectivity index (χ0) is 12.4. The fourth-order valence-corrected chi connectivity index (χ4v) is 3.36. The van der Waals surface area contributed by atoms with Crippen LogP contribution >= 0.6 is 11.3 Å². The molecule has 3 rings (SSSR count). The number of hydrogen-bond donors (Lipinski definition) is 1. The fourth-order valence-electron chi connectivity index (χ4n) is 2.35. The first kappa shape index (κ1) is 12.5. The number of aromatic nitrogens is 2. The lowest BCUT2D eigenvalue weighted by Gasteiger charge is -2.18. The van der Waals surface area contributed by atoms with Crippen LogP contribution in [0.25, 0.3) is 0 Å². The third kappa shape index (κ3) is 2.90. The van der Waals surface area contributed by atoms with Gasteiger partial charge in [0.25, 0.3) is 0 Å². The Morgan fingerprint density at radius 2 is 2.33 bits per heavy atom. The standard InChI is InChI=1S/C13H21N3OS/c1-13(7-3-9-17-13)12-16-15-11(18-12)4-2-8-14-10-5-6-10/h10,14H,2-9H2,1H3. The molecule has 0 amide bonds. The number of nitrogens with zero attached hydrogens (tertiary/aromatic N) is 2. The van der Waals surface area contributed by atoms with Crippen molar-refractivity contribution in [1.29, 1.82) is 0 Å². The molecule has 1 aromatic heterocycles. The Labute approximate surface area is 112 Å². The molecular weight excluding hydrogens is 246 g/mol. The number of ether oxygens (including phenoxy) is 1. The molecule has 1 saturated carbocycles. The zero-order valence-corrected chi connectivity index (χ0v) is 11.8. The summed E-state index contributed by atoms with van der Waals surface area (Å²) in [5.74, 6) is 0. The van der Waals surface area contributed by atoms with Crippen molar-refractivity contribution in [3.05, 3.63) is 10.0 Å². The van der Waals surface area contributed by atoms with Gasteiger partial charge in [0.15, 0.2) is 0 Å². The average Bonchev–Trinajstić information content (AvgIpc) is 2.88. The topological polar surface area (TPSA) is 47.0 Å². The van der Waals surface area contributed by atoms with Gasteiger partial charge in [-0.05, 0) is 45.6 Å². The van der Waals surface area contributed by atoms with Gasteiger partial charge < -0.3 is 10.1 Å². The maximum absolute atomic E-state index is 5.80. The van der Waals surface area contributed by atoms with Crippen molar-refractivity contribution in [1.82, 2.24) is 15.5 Å². The van der Waals surface area contributed by atoms with Gasteiger partial charge in [-0.15, -0.1) is 10.2 Å². The molecule has 1 saturated heterocycles. The Hall–Kier alpha value is -0.520. The molecule has 0 bridgehead atoms. The van der Waals surface area contributed by atoms with Crippen LogP contribution < -0.4 is 5.32 Å². The van der Waals surface area contributed by atoms with E-state index in [1.54, 1.807) is 11.3 Å². The summed E-state index contributed by atoms with van der Waals surface area (Å²) in [5, 5.41) is 14.4. The van der Waals surface area contributed by atoms with Crippen molar-refractivity contribution < 1.29 is 4.74 Å². The van der Waals surface area contributed by atoms with E-state index >= 15 is 0 Å². The molecule has 1 aliphatic heterocycles. The number of rotatable bonds is 6. The molecule has 0 aromatic carbocycles. The lowest BCUT2D eigenvalue weighted by molar-refractivity contribution is 0.0161. The second-order valence-electron chi connectivity index (χ2n) is 5.52. The van der Waals surface area contributed by atoms with E-state index in [1.807, 2.05) is 0 Å². The van der Waals surface area contributed by atoms with Gasteiger partial charge in [-0.25, -0.2) is 0 Å². The summed E-state index contributed by atoms with van der Waals surface area (Å²) < 4.78 is 5.80. The average molecular weight is 267 g/mol. The van der Waals surface area contributed by atoms with E-state index in [1.165, 1.54) is 12.8 Å². The van der Waals surface area contributed by atoms with Crippen LogP contribution in [-0.4, -0.2) is 29.4 Å². The van der Waals surface area contributed by atoms with E-state index in [4.69, 9.17) is 4.74 Å². The van der Waals surface area contributed by atoms with Gasteiger partial charge in [-0.1, -0.05) is 11.3 Å². The first-order valence-corrected chi connectivity index (χ1v) is 7.78. The second-order valence-corrected chi connectivity index (χ2v) is 6.58. The summed E-state index contributed by atoms with van der Waals surface area (Å²) in [5.41, 5.74) is -0.165. The highest BCUT2D eigenvalue weighted by Gasteiger charge is 2.35. The van der Waals surface area contributed by atoms with Crippen molar-refractivity contribution in [2.75, 3.05) is 13.2 Å². The maximum atomic E-state index is 5.80. The van der Waals surface area contributed by atoms with Crippen LogP contribution in [0.1, 0.15) is 49.0 Å². The predicted octanol–water partition coefficient (Wildman–Crippen LogP) is 2.25. The highest BCUT2D eigenvalue weighted by atomic mass is 32.1. The van der Waals surface area contributed by atoms with Crippen LogP contribution in [0.15, 0.2) is 0 Å². The molecule has 1 atom stereocenters. The molecule has 1 aromatic rings. The Bertz CT molecular complexity index is 397. The quantitative estimate of drug-likeness (QED) is 0.803. The summed E-state index contributed by atoms with van der Waals surface area (Å²) in [6.45, 7) is 4.10. The van der Waals surface area contributed by atoms with Crippen LogP contribution in [0.5, 0.6) is 0 Å². The normalized spacial score (nSPS) is 27.8. The first-order valence-electron chi connectivity index (χ1n) is 6.96. The molecule has 1 aliphatic carbocycles. The van der Waals surface area contributed by atoms with Gasteiger partial charge >= 0.3 is 0 Å². The van der Waals surface area contributed by atoms with E-state index in [2.05, 4.69) is 22.4 Å². The summed E-state index contributed by atoms with van der Waals surface area (Å²) in [6.07, 6.45) is 7.12. The molecular formula is C13H21N3OS. The molecule has 1 unspecified atom stereocenters. The Kier molecular flexibility index (Phi) is 3.63. The van der Waals surface area contributed by atoms with Crippen LogP contribution in [0, 0.1) is 0 Å². The number of hydrogen-bond acceptors (Lipinski definition) is 5. The molecule has 2 heterocycles. The van der Waals surface area contributed by atoms with Crippen LogP contribution in [0.2, 0.25) is 0 Å². The van der Waals surface area contributed by atoms with Gasteiger partial charge in [-0.3, -0.25) is 0 Å². The minimum Gasteiger partial charge on any atom is -0.368 e. The summed E-state index contributed by atoms with van der Waals surface area (Å²) in [6, 6.07) is 0.806. The minimum absolute atomic E-state index is 0.165. The molecule has 2 fully saturated rings. The maximum Gasteiger partial charge on any atom is 0.149 e. The third-order valence-electron chi connectivity index (χ3n) is 3.72. The third-order valence-corrected chi connectivity index (χ3v) is 4.94. The Morgan fingerprint density at radius 1 is 1.44 bits per heavy atom. The smallest absolute Gasteiger partial charge is 0.149 e. The van der Waals surface area contributed by atoms with E-state index < -0.39 is 0 Å². The monoisotopic (exact) mass is 267 g/mol. The highest BCUT2D eigenvalue weighted by Crippen LogP contribution is 2.37. The van der Waals surface area contributed by atoms with Crippen molar-refractivity contribution >= 4 is 11.3 Å². The van der Waals surface area contributed by atoms with Crippen LogP contribution in [-0.2, 0) is 16.8 Å². The fraction of sp³-hybridized carbons (Fsp3) is 0.846. The van der Waals surface area contributed by atoms with Crippen LogP contribution in [0.3, 0.4) is 0 Å². The van der Waals surface area contributed by atoms with E-state index in [0.29, 0.717) is 0 Å². The minimum atomic E-state index is -0.165. The number of nitrogens with one attached hydrogen (secondary N) is 1. The zero-order valence-electron chi connectivity index (χ0n) is 10.9. The molecule has 5 heteroatoms. The number of aryl methyl sites for hydroxylation is 1. The lowest BCUT2D eigenvalue weighted by atomic mass is 10.0. The Morgan fingerprint density at radius 3 is 3.06 bits per heavy atom. The predicted molar refractivity (Wildman–Crippen MR) is 71.8 cm³/mol. The van der Waals surface area contributed by atoms with Gasteiger partial charge in [-0.2, -0.15) is 0 Å². The SMILES string of the molecule is CC1(c2nnc(CCCNC3CC3)s2)CCCO1.